The first kappa shape index (κ1) is 22.6. The summed E-state index contributed by atoms with van der Waals surface area (Å²) in [5.74, 6) is 0.569. The van der Waals surface area contributed by atoms with Crippen LogP contribution in [0.2, 0.25) is 0 Å². The Kier molecular flexibility index (Phi) is 5.91. The molecule has 3 aliphatic carbocycles. The number of carboxylic acids is 1. The van der Waals surface area contributed by atoms with Crippen LogP contribution in [0.25, 0.3) is 11.4 Å². The van der Waals surface area contributed by atoms with Crippen LogP contribution in [-0.2, 0) is 23.2 Å². The molecule has 2 aromatic rings. The average Bonchev–Trinajstić information content (AvgIpc) is 3.19. The number of hydrogen-bond acceptors (Lipinski definition) is 7. The van der Waals surface area contributed by atoms with Crippen molar-refractivity contribution in [1.82, 2.24) is 24.9 Å². The Balaban J connectivity index is 1.24. The summed E-state index contributed by atoms with van der Waals surface area (Å²) >= 11 is 0. The standard InChI is InChI=1S/C24H31N5O5/c1-13-18(34-19-9-7-15-20(19)21(15)23(30)31)10-8-16(25-13)22-17(29(3)27-26-22)12-33-24(32)28(2)11-14-5-4-6-14/h8,10,14-15,19-21H,4-7,9,11-12H2,1-3H3,(H,30,31)/t15?,19-,20-,21?/m1/s1. The number of aromatic nitrogens is 4. The van der Waals surface area contributed by atoms with Crippen molar-refractivity contribution in [3.63, 3.8) is 0 Å². The number of pyridine rings is 1. The Morgan fingerprint density at radius 3 is 2.68 bits per heavy atom. The summed E-state index contributed by atoms with van der Waals surface area (Å²) in [4.78, 5) is 30.1. The van der Waals surface area contributed by atoms with Crippen LogP contribution in [0.5, 0.6) is 5.75 Å². The van der Waals surface area contributed by atoms with E-state index in [0.29, 0.717) is 41.0 Å². The molecule has 1 amide bonds. The van der Waals surface area contributed by atoms with Gasteiger partial charge in [0.15, 0.2) is 0 Å². The molecular formula is C24H31N5O5. The topological polar surface area (TPSA) is 120 Å². The van der Waals surface area contributed by atoms with Crippen molar-refractivity contribution < 1.29 is 24.2 Å². The Hall–Kier alpha value is -3.17. The van der Waals surface area contributed by atoms with Gasteiger partial charge < -0.3 is 19.5 Å². The van der Waals surface area contributed by atoms with E-state index in [9.17, 15) is 14.7 Å². The summed E-state index contributed by atoms with van der Waals surface area (Å²) in [6.07, 6.45) is 4.89. The lowest BCUT2D eigenvalue weighted by molar-refractivity contribution is -0.139. The molecule has 10 nitrogen and oxygen atoms in total. The molecule has 3 aliphatic rings. The van der Waals surface area contributed by atoms with Gasteiger partial charge in [-0.1, -0.05) is 11.6 Å². The maximum absolute atomic E-state index is 12.4. The summed E-state index contributed by atoms with van der Waals surface area (Å²) < 4.78 is 13.3. The molecule has 182 valence electrons. The van der Waals surface area contributed by atoms with Crippen molar-refractivity contribution in [2.24, 2.45) is 30.7 Å². The van der Waals surface area contributed by atoms with E-state index >= 15 is 0 Å². The minimum Gasteiger partial charge on any atom is -0.488 e. The van der Waals surface area contributed by atoms with Gasteiger partial charge in [-0.2, -0.15) is 0 Å². The molecule has 3 fully saturated rings. The van der Waals surface area contributed by atoms with Gasteiger partial charge in [0.25, 0.3) is 0 Å². The maximum Gasteiger partial charge on any atom is 0.409 e. The minimum absolute atomic E-state index is 0.0490. The van der Waals surface area contributed by atoms with Gasteiger partial charge in [-0.15, -0.1) is 5.10 Å². The maximum atomic E-state index is 12.4. The molecule has 3 saturated carbocycles. The molecule has 0 radical (unpaired) electrons. The molecule has 0 spiro atoms. The number of fused-ring (bicyclic) bond motifs is 1. The number of rotatable bonds is 8. The number of carbonyl (C=O) groups is 2. The number of nitrogens with zero attached hydrogens (tertiary/aromatic N) is 5. The summed E-state index contributed by atoms with van der Waals surface area (Å²) in [7, 11) is 3.52. The van der Waals surface area contributed by atoms with Crippen molar-refractivity contribution in [2.45, 2.75) is 51.7 Å². The van der Waals surface area contributed by atoms with Crippen molar-refractivity contribution in [3.8, 4) is 17.1 Å². The molecule has 5 rings (SSSR count). The van der Waals surface area contributed by atoms with E-state index in [2.05, 4.69) is 15.3 Å². The molecule has 10 heteroatoms. The molecule has 2 aromatic heterocycles. The van der Waals surface area contributed by atoms with Crippen molar-refractivity contribution in [1.29, 1.82) is 0 Å². The Labute approximate surface area is 198 Å². The van der Waals surface area contributed by atoms with Gasteiger partial charge in [-0.3, -0.25) is 4.79 Å². The molecule has 34 heavy (non-hydrogen) atoms. The Morgan fingerprint density at radius 2 is 2.03 bits per heavy atom. The number of carbonyl (C=O) groups excluding carboxylic acids is 1. The fourth-order valence-electron chi connectivity index (χ4n) is 5.40. The van der Waals surface area contributed by atoms with Crippen molar-refractivity contribution in [2.75, 3.05) is 13.6 Å². The molecular weight excluding hydrogens is 438 g/mol. The van der Waals surface area contributed by atoms with Gasteiger partial charge in [-0.25, -0.2) is 14.5 Å². The Morgan fingerprint density at radius 1 is 1.24 bits per heavy atom. The van der Waals surface area contributed by atoms with Gasteiger partial charge in [0.2, 0.25) is 0 Å². The third-order valence-corrected chi connectivity index (χ3v) is 7.63. The van der Waals surface area contributed by atoms with E-state index in [4.69, 9.17) is 9.47 Å². The number of ether oxygens (including phenoxy) is 2. The van der Waals surface area contributed by atoms with Crippen LogP contribution in [0, 0.1) is 30.6 Å². The zero-order valence-electron chi connectivity index (χ0n) is 19.8. The molecule has 0 aliphatic heterocycles. The summed E-state index contributed by atoms with van der Waals surface area (Å²) in [6.45, 7) is 2.62. The van der Waals surface area contributed by atoms with Gasteiger partial charge in [0.05, 0.1) is 17.3 Å². The number of carboxylic acid groups (broad SMARTS) is 1. The molecule has 1 N–H and O–H groups in total. The predicted molar refractivity (Wildman–Crippen MR) is 121 cm³/mol. The van der Waals surface area contributed by atoms with E-state index in [1.807, 2.05) is 19.1 Å². The molecule has 2 unspecified atom stereocenters. The zero-order chi connectivity index (χ0) is 24.0. The lowest BCUT2D eigenvalue weighted by Gasteiger charge is -2.29. The monoisotopic (exact) mass is 469 g/mol. The second kappa shape index (κ2) is 8.88. The molecule has 0 bridgehead atoms. The van der Waals surface area contributed by atoms with Crippen molar-refractivity contribution in [3.05, 3.63) is 23.5 Å². The van der Waals surface area contributed by atoms with E-state index in [0.717, 1.165) is 12.8 Å². The van der Waals surface area contributed by atoms with Gasteiger partial charge in [0.1, 0.15) is 29.8 Å². The lowest BCUT2D eigenvalue weighted by Crippen LogP contribution is -2.34. The Bertz CT molecular complexity index is 1100. The number of aryl methyl sites for hydroxylation is 2. The predicted octanol–water partition coefficient (Wildman–Crippen LogP) is 3.04. The van der Waals surface area contributed by atoms with Crippen LogP contribution in [-0.4, -0.2) is 61.7 Å². The SMILES string of the molecule is Cc1nc(-c2nnn(C)c2COC(=O)N(C)CC2CCC2)ccc1O[C@@H]1CCC2C(C(=O)O)[C@H]21. The first-order valence-corrected chi connectivity index (χ1v) is 12.0. The zero-order valence-corrected chi connectivity index (χ0v) is 19.8. The second-order valence-electron chi connectivity index (χ2n) is 9.86. The number of amides is 1. The second-order valence-corrected chi connectivity index (χ2v) is 9.86. The van der Waals surface area contributed by atoms with Crippen LogP contribution in [0.3, 0.4) is 0 Å². The molecule has 4 atom stereocenters. The minimum atomic E-state index is -0.724. The van der Waals surface area contributed by atoms with Gasteiger partial charge in [-0.05, 0) is 56.6 Å². The molecule has 0 aromatic carbocycles. The van der Waals surface area contributed by atoms with E-state index in [-0.39, 0.29) is 36.6 Å². The van der Waals surface area contributed by atoms with Gasteiger partial charge in [0, 0.05) is 26.6 Å². The summed E-state index contributed by atoms with van der Waals surface area (Å²) in [5, 5.41) is 17.7. The van der Waals surface area contributed by atoms with E-state index in [1.165, 1.54) is 19.3 Å². The van der Waals surface area contributed by atoms with E-state index < -0.39 is 5.97 Å². The first-order chi connectivity index (χ1) is 16.3. The van der Waals surface area contributed by atoms with Crippen LogP contribution in [0.15, 0.2) is 12.1 Å². The van der Waals surface area contributed by atoms with Crippen molar-refractivity contribution >= 4 is 12.1 Å². The third kappa shape index (κ3) is 4.21. The van der Waals surface area contributed by atoms with Crippen LogP contribution >= 0.6 is 0 Å². The highest BCUT2D eigenvalue weighted by Gasteiger charge is 2.63. The van der Waals surface area contributed by atoms with Crippen LogP contribution in [0.4, 0.5) is 4.79 Å². The van der Waals surface area contributed by atoms with Crippen LogP contribution < -0.4 is 4.74 Å². The number of aliphatic carboxylic acids is 1. The fraction of sp³-hybridized carbons (Fsp3) is 0.625. The average molecular weight is 470 g/mol. The van der Waals surface area contributed by atoms with Gasteiger partial charge >= 0.3 is 12.1 Å². The van der Waals surface area contributed by atoms with E-state index in [1.54, 1.807) is 23.7 Å². The van der Waals surface area contributed by atoms with Crippen LogP contribution in [0.1, 0.15) is 43.5 Å². The molecule has 2 heterocycles. The summed E-state index contributed by atoms with van der Waals surface area (Å²) in [6, 6.07) is 3.66. The fourth-order valence-corrected chi connectivity index (χ4v) is 5.40. The first-order valence-electron chi connectivity index (χ1n) is 12.0. The third-order valence-electron chi connectivity index (χ3n) is 7.63. The largest absolute Gasteiger partial charge is 0.488 e. The quantitative estimate of drug-likeness (QED) is 0.626. The highest BCUT2D eigenvalue weighted by molar-refractivity contribution is 5.75. The highest BCUT2D eigenvalue weighted by Crippen LogP contribution is 2.58. The highest BCUT2D eigenvalue weighted by atomic mass is 16.6. The normalized spacial score (nSPS) is 25.4. The smallest absolute Gasteiger partial charge is 0.409 e. The molecule has 0 saturated heterocycles. The number of hydrogen-bond donors (Lipinski definition) is 1. The summed E-state index contributed by atoms with van der Waals surface area (Å²) in [5.41, 5.74) is 2.53. The lowest BCUT2D eigenvalue weighted by atomic mass is 9.85.